The maximum atomic E-state index is 12.8. The Morgan fingerprint density at radius 3 is 2.16 bits per heavy atom. The third kappa shape index (κ3) is 4.66. The first-order chi connectivity index (χ1) is 15.2. The number of nitrogens with zero attached hydrogens (tertiary/aromatic N) is 2. The molecule has 2 aromatic carbocycles. The van der Waals surface area contributed by atoms with Crippen molar-refractivity contribution in [2.24, 2.45) is 0 Å². The van der Waals surface area contributed by atoms with Crippen molar-refractivity contribution in [3.05, 3.63) is 54.1 Å². The van der Waals surface area contributed by atoms with E-state index < -0.39 is 15.7 Å². The van der Waals surface area contributed by atoms with Gasteiger partial charge in [-0.2, -0.15) is 8.42 Å². The number of hydrogen-bond donors (Lipinski definition) is 1. The summed E-state index contributed by atoms with van der Waals surface area (Å²) in [4.78, 5) is 38.9. The number of piperazine rings is 1. The zero-order valence-corrected chi connectivity index (χ0v) is 18.0. The fourth-order valence-electron chi connectivity index (χ4n) is 3.61. The lowest BCUT2D eigenvalue weighted by molar-refractivity contribution is -0.143. The van der Waals surface area contributed by atoms with Gasteiger partial charge < -0.3 is 19.1 Å². The van der Waals surface area contributed by atoms with Crippen molar-refractivity contribution >= 4 is 27.6 Å². The standard InChI is InChI=1S/C22H22N2O7S/c25-15-32(29,30)31-19-3-1-2-18(14-19)16-4-6-17(7-5-16)20(26)23-10-12-24(13-11-23)21(27)22(28)8-9-22/h1-7,14-15,28H,8-13H2. The molecule has 0 bridgehead atoms. The second kappa shape index (κ2) is 8.36. The number of carbonyl (C=O) groups excluding carboxylic acids is 3. The maximum absolute atomic E-state index is 12.8. The van der Waals surface area contributed by atoms with E-state index in [2.05, 4.69) is 0 Å². The molecule has 0 aromatic heterocycles. The Labute approximate surface area is 185 Å². The van der Waals surface area contributed by atoms with Crippen LogP contribution in [0, 0.1) is 0 Å². The summed E-state index contributed by atoms with van der Waals surface area (Å²) in [5, 5.41) is 9.98. The Morgan fingerprint density at radius 2 is 1.56 bits per heavy atom. The van der Waals surface area contributed by atoms with Gasteiger partial charge in [-0.25, -0.2) is 0 Å². The van der Waals surface area contributed by atoms with Crippen LogP contribution in [0.3, 0.4) is 0 Å². The van der Waals surface area contributed by atoms with Gasteiger partial charge in [0.2, 0.25) is 0 Å². The molecule has 0 unspecified atom stereocenters. The van der Waals surface area contributed by atoms with E-state index in [0.29, 0.717) is 50.1 Å². The molecule has 32 heavy (non-hydrogen) atoms. The first kappa shape index (κ1) is 22.0. The maximum Gasteiger partial charge on any atom is 0.370 e. The number of hydrogen-bond acceptors (Lipinski definition) is 7. The topological polar surface area (TPSA) is 121 Å². The molecule has 2 amide bonds. The van der Waals surface area contributed by atoms with Crippen LogP contribution < -0.4 is 4.18 Å². The summed E-state index contributed by atoms with van der Waals surface area (Å²) in [5.74, 6) is -0.387. The number of benzene rings is 2. The van der Waals surface area contributed by atoms with Crippen LogP contribution in [0.15, 0.2) is 48.5 Å². The summed E-state index contributed by atoms with van der Waals surface area (Å²) >= 11 is 0. The van der Waals surface area contributed by atoms with E-state index >= 15 is 0 Å². The molecule has 0 atom stereocenters. The first-order valence-electron chi connectivity index (χ1n) is 10.1. The fraction of sp³-hybridized carbons (Fsp3) is 0.318. The van der Waals surface area contributed by atoms with Gasteiger partial charge in [-0.3, -0.25) is 14.4 Å². The van der Waals surface area contributed by atoms with Gasteiger partial charge in [-0.05, 0) is 48.2 Å². The van der Waals surface area contributed by atoms with Crippen molar-refractivity contribution in [1.82, 2.24) is 9.80 Å². The van der Waals surface area contributed by atoms with E-state index in [1.54, 1.807) is 46.2 Å². The molecule has 9 nitrogen and oxygen atoms in total. The van der Waals surface area contributed by atoms with Crippen LogP contribution in [0.4, 0.5) is 0 Å². The lowest BCUT2D eigenvalue weighted by Crippen LogP contribution is -2.53. The highest BCUT2D eigenvalue weighted by Crippen LogP contribution is 2.37. The highest BCUT2D eigenvalue weighted by molar-refractivity contribution is 8.00. The van der Waals surface area contributed by atoms with Crippen molar-refractivity contribution in [1.29, 1.82) is 0 Å². The van der Waals surface area contributed by atoms with Crippen molar-refractivity contribution in [3.8, 4) is 16.9 Å². The lowest BCUT2D eigenvalue weighted by atomic mass is 10.0. The third-order valence-corrected chi connectivity index (χ3v) is 6.27. The fourth-order valence-corrected chi connectivity index (χ4v) is 4.02. The zero-order valence-electron chi connectivity index (χ0n) is 17.1. The summed E-state index contributed by atoms with van der Waals surface area (Å²) in [5.41, 5.74) is 0.437. The Bertz CT molecular complexity index is 1150. The van der Waals surface area contributed by atoms with Gasteiger partial charge in [0, 0.05) is 31.7 Å². The molecule has 10 heteroatoms. The van der Waals surface area contributed by atoms with Crippen LogP contribution in [0.25, 0.3) is 11.1 Å². The summed E-state index contributed by atoms with van der Waals surface area (Å²) in [6, 6.07) is 13.1. The first-order valence-corrected chi connectivity index (χ1v) is 11.6. The van der Waals surface area contributed by atoms with Crippen LogP contribution in [-0.4, -0.2) is 72.5 Å². The Hall–Kier alpha value is -3.24. The Morgan fingerprint density at radius 1 is 0.938 bits per heavy atom. The van der Waals surface area contributed by atoms with Crippen LogP contribution in [0.2, 0.25) is 0 Å². The van der Waals surface area contributed by atoms with Gasteiger partial charge in [-0.15, -0.1) is 0 Å². The van der Waals surface area contributed by atoms with Crippen molar-refractivity contribution in [2.45, 2.75) is 18.4 Å². The second-order valence-electron chi connectivity index (χ2n) is 7.89. The minimum absolute atomic E-state index is 0.0121. The lowest BCUT2D eigenvalue weighted by Gasteiger charge is -2.35. The molecular formula is C22H22N2O7S. The van der Waals surface area contributed by atoms with Gasteiger partial charge in [-0.1, -0.05) is 24.3 Å². The summed E-state index contributed by atoms with van der Waals surface area (Å²) < 4.78 is 27.4. The molecule has 1 saturated carbocycles. The SMILES string of the molecule is O=CS(=O)(=O)Oc1cccc(-c2ccc(C(=O)N3CCN(C(=O)C4(O)CC4)CC3)cc2)c1. The molecule has 0 radical (unpaired) electrons. The quantitative estimate of drug-likeness (QED) is 0.507. The van der Waals surface area contributed by atoms with E-state index in [4.69, 9.17) is 4.18 Å². The van der Waals surface area contributed by atoms with E-state index in [9.17, 15) is 27.9 Å². The molecule has 1 heterocycles. The molecule has 4 rings (SSSR count). The molecule has 2 fully saturated rings. The Kier molecular flexibility index (Phi) is 5.74. The average molecular weight is 458 g/mol. The van der Waals surface area contributed by atoms with E-state index in [1.807, 2.05) is 0 Å². The van der Waals surface area contributed by atoms with Crippen molar-refractivity contribution in [2.75, 3.05) is 26.2 Å². The van der Waals surface area contributed by atoms with Gasteiger partial charge in [0.25, 0.3) is 17.4 Å². The van der Waals surface area contributed by atoms with E-state index in [1.165, 1.54) is 12.1 Å². The van der Waals surface area contributed by atoms with Crippen LogP contribution in [0.1, 0.15) is 23.2 Å². The van der Waals surface area contributed by atoms with Crippen molar-refractivity contribution in [3.63, 3.8) is 0 Å². The van der Waals surface area contributed by atoms with Crippen LogP contribution in [0.5, 0.6) is 5.75 Å². The molecule has 1 aliphatic heterocycles. The Balaban J connectivity index is 1.40. The predicted octanol–water partition coefficient (Wildman–Crippen LogP) is 1.06. The largest absolute Gasteiger partial charge is 0.380 e. The van der Waals surface area contributed by atoms with Crippen molar-refractivity contribution < 1.29 is 32.1 Å². The van der Waals surface area contributed by atoms with E-state index in [-0.39, 0.29) is 23.2 Å². The minimum Gasteiger partial charge on any atom is -0.380 e. The van der Waals surface area contributed by atoms with Gasteiger partial charge in [0.1, 0.15) is 11.4 Å². The highest BCUT2D eigenvalue weighted by Gasteiger charge is 2.50. The van der Waals surface area contributed by atoms with Crippen LogP contribution in [-0.2, 0) is 19.7 Å². The molecule has 1 saturated heterocycles. The second-order valence-corrected chi connectivity index (χ2v) is 9.24. The molecule has 168 valence electrons. The monoisotopic (exact) mass is 458 g/mol. The number of carbonyl (C=O) groups is 3. The summed E-state index contributed by atoms with van der Waals surface area (Å²) in [6.07, 6.45) is 0.999. The summed E-state index contributed by atoms with van der Waals surface area (Å²) in [7, 11) is -4.29. The molecule has 2 aromatic rings. The summed E-state index contributed by atoms with van der Waals surface area (Å²) in [6.45, 7) is 1.57. The predicted molar refractivity (Wildman–Crippen MR) is 115 cm³/mol. The molecular weight excluding hydrogens is 436 g/mol. The highest BCUT2D eigenvalue weighted by atomic mass is 32.2. The number of rotatable bonds is 6. The minimum atomic E-state index is -4.29. The number of amides is 2. The van der Waals surface area contributed by atoms with Crippen LogP contribution >= 0.6 is 0 Å². The van der Waals surface area contributed by atoms with E-state index in [0.717, 1.165) is 5.56 Å². The van der Waals surface area contributed by atoms with Gasteiger partial charge in [0.05, 0.1) is 0 Å². The smallest absolute Gasteiger partial charge is 0.370 e. The number of aliphatic hydroxyl groups is 1. The molecule has 1 aliphatic carbocycles. The molecule has 2 aliphatic rings. The normalized spacial score (nSPS) is 17.5. The van der Waals surface area contributed by atoms with Gasteiger partial charge >= 0.3 is 10.1 Å². The van der Waals surface area contributed by atoms with Gasteiger partial charge in [0.15, 0.2) is 0 Å². The molecule has 1 N–H and O–H groups in total. The third-order valence-electron chi connectivity index (χ3n) is 5.61. The zero-order chi connectivity index (χ0) is 22.9. The average Bonchev–Trinajstić information content (AvgIpc) is 3.57. The molecule has 0 spiro atoms.